The lowest BCUT2D eigenvalue weighted by Gasteiger charge is -2.29. The zero-order valence-electron chi connectivity index (χ0n) is 22.0. The molecule has 3 aromatic carbocycles. The van der Waals surface area contributed by atoms with Gasteiger partial charge in [-0.2, -0.15) is 0 Å². The zero-order chi connectivity index (χ0) is 28.2. The van der Waals surface area contributed by atoms with E-state index in [2.05, 4.69) is 10.6 Å². The van der Waals surface area contributed by atoms with Crippen LogP contribution in [0.2, 0.25) is 0 Å². The van der Waals surface area contributed by atoms with Crippen molar-refractivity contribution in [2.45, 2.75) is 24.4 Å². The highest BCUT2D eigenvalue weighted by atomic mass is 16.5. The number of amides is 3. The average molecular weight is 544 g/mol. The number of ether oxygens (including phenoxy) is 2. The van der Waals surface area contributed by atoms with Gasteiger partial charge in [0, 0.05) is 23.8 Å². The van der Waals surface area contributed by atoms with E-state index < -0.39 is 29.3 Å². The van der Waals surface area contributed by atoms with Gasteiger partial charge in [-0.1, -0.05) is 30.3 Å². The zero-order valence-corrected chi connectivity index (χ0v) is 22.0. The van der Waals surface area contributed by atoms with Gasteiger partial charge in [0.2, 0.25) is 17.7 Å². The van der Waals surface area contributed by atoms with Crippen molar-refractivity contribution in [2.75, 3.05) is 26.1 Å². The number of nitrogens with zero attached hydrogens (tertiary/aromatic N) is 1. The third-order valence-corrected chi connectivity index (χ3v) is 8.28. The Labute approximate surface area is 230 Å². The number of methoxy groups -OCH3 is 2. The van der Waals surface area contributed by atoms with Gasteiger partial charge >= 0.3 is 0 Å². The Morgan fingerprint density at radius 2 is 1.62 bits per heavy atom. The van der Waals surface area contributed by atoms with Crippen LogP contribution in [0.15, 0.2) is 60.7 Å². The molecule has 206 valence electrons. The minimum atomic E-state index is -1.41. The number of hydrogen-bond acceptors (Lipinski definition) is 8. The lowest BCUT2D eigenvalue weighted by molar-refractivity contribution is -0.142. The smallest absolute Gasteiger partial charge is 0.250 e. The molecule has 0 radical (unpaired) electrons. The Hall–Kier alpha value is -4.57. The van der Waals surface area contributed by atoms with Crippen molar-refractivity contribution in [3.05, 3.63) is 77.4 Å². The highest BCUT2D eigenvalue weighted by Gasteiger charge is 2.70. The number of anilines is 1. The van der Waals surface area contributed by atoms with Crippen molar-refractivity contribution < 1.29 is 34.1 Å². The maximum absolute atomic E-state index is 14.0. The molecular weight excluding hydrogens is 514 g/mol. The standard InChI is InChI=1S/C30H29N3O7/c1-39-23-10-8-16(15-24(23)40-2)11-12-33-27(36)25-20(13-17-7-9-21(34)22(35)14-17)32-30(26(25)28(33)37)18-5-3-4-6-19(18)31-29(30)38/h3-10,14-15,20,25-26,32,34-35H,11-13H2,1-2H3,(H,31,38)/t20-,25-,26-,30+/m0/s1. The van der Waals surface area contributed by atoms with Gasteiger partial charge in [-0.3, -0.25) is 24.6 Å². The quantitative estimate of drug-likeness (QED) is 0.263. The SMILES string of the molecule is COc1ccc(CCN2C(=O)[C@H]3[C@H](Cc4ccc(O)c(O)c4)N[C@@]4(C(=O)Nc5ccccc54)[C@@H]3C2=O)cc1OC. The number of carbonyl (C=O) groups is 3. The third-order valence-electron chi connectivity index (χ3n) is 8.28. The van der Waals surface area contributed by atoms with E-state index in [1.165, 1.54) is 17.0 Å². The minimum Gasteiger partial charge on any atom is -0.504 e. The van der Waals surface area contributed by atoms with E-state index in [0.717, 1.165) is 5.56 Å². The first-order valence-corrected chi connectivity index (χ1v) is 13.0. The molecule has 3 aromatic rings. The number of hydrogen-bond donors (Lipinski definition) is 4. The number of rotatable bonds is 7. The van der Waals surface area contributed by atoms with Crippen LogP contribution in [0.5, 0.6) is 23.0 Å². The summed E-state index contributed by atoms with van der Waals surface area (Å²) < 4.78 is 10.7. The minimum absolute atomic E-state index is 0.145. The van der Waals surface area contributed by atoms with E-state index in [-0.39, 0.29) is 36.3 Å². The van der Waals surface area contributed by atoms with Crippen molar-refractivity contribution in [3.63, 3.8) is 0 Å². The van der Waals surface area contributed by atoms with Gasteiger partial charge in [0.25, 0.3) is 0 Å². The molecule has 10 heteroatoms. The summed E-state index contributed by atoms with van der Waals surface area (Å²) in [5.41, 5.74) is 1.34. The molecule has 6 rings (SSSR count). The van der Waals surface area contributed by atoms with Gasteiger partial charge in [-0.25, -0.2) is 0 Å². The van der Waals surface area contributed by atoms with Crippen molar-refractivity contribution in [1.29, 1.82) is 0 Å². The summed E-state index contributed by atoms with van der Waals surface area (Å²) >= 11 is 0. The van der Waals surface area contributed by atoms with E-state index in [1.807, 2.05) is 12.1 Å². The second-order valence-electron chi connectivity index (χ2n) is 10.4. The summed E-state index contributed by atoms with van der Waals surface area (Å²) in [4.78, 5) is 42.8. The number of phenolic OH excluding ortho intramolecular Hbond substituents is 2. The number of phenols is 2. The Morgan fingerprint density at radius 1 is 0.875 bits per heavy atom. The fourth-order valence-electron chi connectivity index (χ4n) is 6.44. The number of para-hydroxylation sites is 1. The summed E-state index contributed by atoms with van der Waals surface area (Å²) in [6, 6.07) is 16.5. The number of aromatic hydroxyl groups is 2. The van der Waals surface area contributed by atoms with E-state index in [0.29, 0.717) is 34.7 Å². The van der Waals surface area contributed by atoms with E-state index in [9.17, 15) is 24.6 Å². The Balaban J connectivity index is 1.35. The van der Waals surface area contributed by atoms with Crippen LogP contribution in [0.4, 0.5) is 5.69 Å². The Morgan fingerprint density at radius 3 is 2.38 bits per heavy atom. The maximum Gasteiger partial charge on any atom is 0.250 e. The molecule has 3 aliphatic heterocycles. The highest BCUT2D eigenvalue weighted by molar-refractivity contribution is 6.15. The van der Waals surface area contributed by atoms with Gasteiger partial charge in [0.05, 0.1) is 26.1 Å². The largest absolute Gasteiger partial charge is 0.504 e. The number of fused-ring (bicyclic) bond motifs is 4. The summed E-state index contributed by atoms with van der Waals surface area (Å²) in [6.07, 6.45) is 0.658. The summed E-state index contributed by atoms with van der Waals surface area (Å²) in [5.74, 6) is -2.26. The summed E-state index contributed by atoms with van der Waals surface area (Å²) in [5, 5.41) is 26.1. The van der Waals surface area contributed by atoms with Gasteiger partial charge in [0.15, 0.2) is 23.0 Å². The van der Waals surface area contributed by atoms with Crippen LogP contribution in [-0.4, -0.2) is 59.6 Å². The topological polar surface area (TPSA) is 137 Å². The maximum atomic E-state index is 14.0. The first-order valence-electron chi connectivity index (χ1n) is 13.0. The van der Waals surface area contributed by atoms with Crippen LogP contribution in [0, 0.1) is 11.8 Å². The fourth-order valence-corrected chi connectivity index (χ4v) is 6.44. The predicted octanol–water partition coefficient (Wildman–Crippen LogP) is 2.32. The molecule has 0 unspecified atom stereocenters. The van der Waals surface area contributed by atoms with E-state index in [4.69, 9.17) is 9.47 Å². The molecular formula is C30H29N3O7. The molecule has 3 heterocycles. The van der Waals surface area contributed by atoms with E-state index >= 15 is 0 Å². The van der Waals surface area contributed by atoms with Crippen LogP contribution in [0.3, 0.4) is 0 Å². The Kier molecular flexibility index (Phi) is 6.14. The number of carbonyl (C=O) groups excluding carboxylic acids is 3. The normalized spacial score (nSPS) is 24.8. The van der Waals surface area contributed by atoms with Crippen molar-refractivity contribution in [3.8, 4) is 23.0 Å². The molecule has 2 fully saturated rings. The van der Waals surface area contributed by atoms with Crippen molar-refractivity contribution in [1.82, 2.24) is 10.2 Å². The highest BCUT2D eigenvalue weighted by Crippen LogP contribution is 2.53. The molecule has 40 heavy (non-hydrogen) atoms. The summed E-state index contributed by atoms with van der Waals surface area (Å²) in [7, 11) is 3.09. The van der Waals surface area contributed by atoms with Crippen molar-refractivity contribution in [2.24, 2.45) is 11.8 Å². The monoisotopic (exact) mass is 543 g/mol. The third kappa shape index (κ3) is 3.78. The lowest BCUT2D eigenvalue weighted by atomic mass is 9.76. The molecule has 0 saturated carbocycles. The predicted molar refractivity (Wildman–Crippen MR) is 144 cm³/mol. The molecule has 0 aromatic heterocycles. The lowest BCUT2D eigenvalue weighted by Crippen LogP contribution is -2.53. The van der Waals surface area contributed by atoms with Gasteiger partial charge in [-0.15, -0.1) is 0 Å². The molecule has 1 spiro atoms. The molecule has 0 aliphatic carbocycles. The van der Waals surface area contributed by atoms with Crippen LogP contribution < -0.4 is 20.1 Å². The molecule has 0 bridgehead atoms. The van der Waals surface area contributed by atoms with Crippen LogP contribution in [-0.2, 0) is 32.8 Å². The van der Waals surface area contributed by atoms with Gasteiger partial charge in [0.1, 0.15) is 5.54 Å². The second-order valence-corrected chi connectivity index (χ2v) is 10.4. The second kappa shape index (κ2) is 9.56. The molecule has 3 aliphatic rings. The van der Waals surface area contributed by atoms with Crippen molar-refractivity contribution >= 4 is 23.4 Å². The first kappa shape index (κ1) is 25.7. The number of likely N-dealkylation sites (tertiary alicyclic amines) is 1. The van der Waals surface area contributed by atoms with Crippen LogP contribution >= 0.6 is 0 Å². The molecule has 4 atom stereocenters. The van der Waals surface area contributed by atoms with E-state index in [1.54, 1.807) is 50.6 Å². The number of imide groups is 1. The molecule has 4 N–H and O–H groups in total. The Bertz CT molecular complexity index is 1540. The van der Waals surface area contributed by atoms with Crippen LogP contribution in [0.1, 0.15) is 16.7 Å². The van der Waals surface area contributed by atoms with Gasteiger partial charge < -0.3 is 25.0 Å². The number of nitrogens with one attached hydrogen (secondary N) is 2. The summed E-state index contributed by atoms with van der Waals surface area (Å²) in [6.45, 7) is 0.145. The van der Waals surface area contributed by atoms with Gasteiger partial charge in [-0.05, 0) is 54.3 Å². The molecule has 2 saturated heterocycles. The number of benzene rings is 3. The molecule has 10 nitrogen and oxygen atoms in total. The molecule has 3 amide bonds. The van der Waals surface area contributed by atoms with Crippen LogP contribution in [0.25, 0.3) is 0 Å². The fraction of sp³-hybridized carbons (Fsp3) is 0.300. The average Bonchev–Trinajstić information content (AvgIpc) is 3.53. The first-order chi connectivity index (χ1) is 19.3.